The minimum absolute atomic E-state index is 0.113. The van der Waals surface area contributed by atoms with E-state index in [0.29, 0.717) is 12.0 Å². The van der Waals surface area contributed by atoms with Crippen molar-refractivity contribution < 1.29 is 18.8 Å². The SMILES string of the molecule is Cc1ncc([C@@H]2CC=NN2C(=O)Oc2ccc([N+](=O)[O-])cc2)cc1F. The second kappa shape index (κ2) is 6.63. The van der Waals surface area contributed by atoms with Gasteiger partial charge in [-0.1, -0.05) is 0 Å². The van der Waals surface area contributed by atoms with Gasteiger partial charge >= 0.3 is 6.09 Å². The third-order valence-corrected chi connectivity index (χ3v) is 3.70. The van der Waals surface area contributed by atoms with Gasteiger partial charge in [0.25, 0.3) is 5.69 Å². The number of hydrogen-bond acceptors (Lipinski definition) is 6. The highest BCUT2D eigenvalue weighted by Crippen LogP contribution is 2.29. The van der Waals surface area contributed by atoms with Crippen LogP contribution in [-0.2, 0) is 0 Å². The van der Waals surface area contributed by atoms with E-state index in [4.69, 9.17) is 4.74 Å². The van der Waals surface area contributed by atoms with Gasteiger partial charge < -0.3 is 4.74 Å². The van der Waals surface area contributed by atoms with Gasteiger partial charge in [0.15, 0.2) is 0 Å². The summed E-state index contributed by atoms with van der Waals surface area (Å²) in [6.07, 6.45) is 2.65. The first-order valence-corrected chi connectivity index (χ1v) is 7.35. The number of aryl methyl sites for hydroxylation is 1. The van der Waals surface area contributed by atoms with E-state index in [1.54, 1.807) is 6.92 Å². The van der Waals surface area contributed by atoms with Crippen molar-refractivity contribution >= 4 is 18.0 Å². The predicted octanol–water partition coefficient (Wildman–Crippen LogP) is 3.37. The zero-order valence-electron chi connectivity index (χ0n) is 13.1. The van der Waals surface area contributed by atoms with Gasteiger partial charge in [0.2, 0.25) is 0 Å². The molecule has 9 heteroatoms. The van der Waals surface area contributed by atoms with Crippen molar-refractivity contribution in [3.63, 3.8) is 0 Å². The quantitative estimate of drug-likeness (QED) is 0.628. The van der Waals surface area contributed by atoms with E-state index in [2.05, 4.69) is 10.1 Å². The number of nitro benzene ring substituents is 1. The molecule has 8 nitrogen and oxygen atoms in total. The van der Waals surface area contributed by atoms with Gasteiger partial charge in [-0.2, -0.15) is 10.1 Å². The van der Waals surface area contributed by atoms with Crippen molar-refractivity contribution in [3.05, 3.63) is 63.7 Å². The van der Waals surface area contributed by atoms with E-state index in [1.165, 1.54) is 42.7 Å². The van der Waals surface area contributed by atoms with Crippen LogP contribution in [0.5, 0.6) is 5.75 Å². The van der Waals surface area contributed by atoms with Crippen LogP contribution in [0.3, 0.4) is 0 Å². The lowest BCUT2D eigenvalue weighted by atomic mass is 10.1. The fraction of sp³-hybridized carbons (Fsp3) is 0.188. The maximum atomic E-state index is 13.7. The van der Waals surface area contributed by atoms with Crippen LogP contribution in [0.4, 0.5) is 14.9 Å². The molecule has 128 valence electrons. The molecule has 2 aromatic rings. The number of carbonyl (C=O) groups excluding carboxylic acids is 1. The molecule has 1 amide bonds. The summed E-state index contributed by atoms with van der Waals surface area (Å²) >= 11 is 0. The molecule has 1 aromatic heterocycles. The second-order valence-electron chi connectivity index (χ2n) is 5.35. The monoisotopic (exact) mass is 344 g/mol. The van der Waals surface area contributed by atoms with Gasteiger partial charge in [0.1, 0.15) is 11.6 Å². The number of rotatable bonds is 3. The number of nitrogens with zero attached hydrogens (tertiary/aromatic N) is 4. The van der Waals surface area contributed by atoms with Crippen LogP contribution in [0.1, 0.15) is 23.7 Å². The Kier molecular flexibility index (Phi) is 4.38. The summed E-state index contributed by atoms with van der Waals surface area (Å²) in [5, 5.41) is 15.7. The molecule has 0 spiro atoms. The minimum atomic E-state index is -0.770. The third kappa shape index (κ3) is 3.44. The molecule has 1 aliphatic rings. The summed E-state index contributed by atoms with van der Waals surface area (Å²) in [6.45, 7) is 1.55. The molecule has 0 saturated carbocycles. The predicted molar refractivity (Wildman–Crippen MR) is 85.7 cm³/mol. The number of hydrazone groups is 1. The summed E-state index contributed by atoms with van der Waals surface area (Å²) < 4.78 is 18.9. The summed E-state index contributed by atoms with van der Waals surface area (Å²) in [5.74, 6) is -0.322. The lowest BCUT2D eigenvalue weighted by Gasteiger charge is -2.21. The molecular weight excluding hydrogens is 331 g/mol. The smallest absolute Gasteiger partial charge is 0.409 e. The van der Waals surface area contributed by atoms with Crippen molar-refractivity contribution in [3.8, 4) is 5.75 Å². The molecule has 3 rings (SSSR count). The van der Waals surface area contributed by atoms with E-state index in [1.807, 2.05) is 0 Å². The number of pyridine rings is 1. The van der Waals surface area contributed by atoms with Gasteiger partial charge in [0.05, 0.1) is 16.7 Å². The zero-order chi connectivity index (χ0) is 18.0. The van der Waals surface area contributed by atoms with E-state index in [0.717, 1.165) is 5.01 Å². The van der Waals surface area contributed by atoms with Crippen molar-refractivity contribution in [2.24, 2.45) is 5.10 Å². The Hall–Kier alpha value is -3.36. The summed E-state index contributed by atoms with van der Waals surface area (Å²) in [5.41, 5.74) is 0.655. The number of amides is 1. The molecule has 0 N–H and O–H groups in total. The Balaban J connectivity index is 1.75. The maximum absolute atomic E-state index is 13.7. The molecule has 0 saturated heterocycles. The molecule has 0 aliphatic carbocycles. The van der Waals surface area contributed by atoms with Gasteiger partial charge in [-0.05, 0) is 30.7 Å². The van der Waals surface area contributed by atoms with E-state index in [9.17, 15) is 19.3 Å². The van der Waals surface area contributed by atoms with Crippen LogP contribution >= 0.6 is 0 Å². The first-order chi connectivity index (χ1) is 12.0. The fourth-order valence-corrected chi connectivity index (χ4v) is 2.35. The van der Waals surface area contributed by atoms with Crippen LogP contribution in [0.2, 0.25) is 0 Å². The van der Waals surface area contributed by atoms with E-state index < -0.39 is 22.9 Å². The van der Waals surface area contributed by atoms with Crippen LogP contribution < -0.4 is 4.74 Å². The highest BCUT2D eigenvalue weighted by molar-refractivity contribution is 5.75. The standard InChI is InChI=1S/C16H13FN4O4/c1-10-14(17)8-11(9-18-10)15-6-7-19-20(15)16(22)25-13-4-2-12(3-5-13)21(23)24/h2-5,7-9,15H,6H2,1H3/t15-/m0/s1. The van der Waals surface area contributed by atoms with Crippen molar-refractivity contribution in [2.45, 2.75) is 19.4 Å². The molecular formula is C16H13FN4O4. The van der Waals surface area contributed by atoms with Crippen LogP contribution in [0, 0.1) is 22.9 Å². The fourth-order valence-electron chi connectivity index (χ4n) is 2.35. The molecule has 0 fully saturated rings. The second-order valence-corrected chi connectivity index (χ2v) is 5.35. The van der Waals surface area contributed by atoms with Crippen LogP contribution in [0.15, 0.2) is 41.6 Å². The van der Waals surface area contributed by atoms with Crippen molar-refractivity contribution in [1.29, 1.82) is 0 Å². The summed E-state index contributed by atoms with van der Waals surface area (Å²) in [4.78, 5) is 26.3. The average Bonchev–Trinajstić information content (AvgIpc) is 3.07. The Morgan fingerprint density at radius 3 is 2.76 bits per heavy atom. The number of carbonyl (C=O) groups is 1. The highest BCUT2D eigenvalue weighted by Gasteiger charge is 2.30. The largest absolute Gasteiger partial charge is 0.436 e. The number of ether oxygens (including phenoxy) is 1. The molecule has 0 unspecified atom stereocenters. The normalized spacial score (nSPS) is 16.1. The van der Waals surface area contributed by atoms with Crippen molar-refractivity contribution in [2.75, 3.05) is 0 Å². The summed E-state index contributed by atoms with van der Waals surface area (Å²) in [7, 11) is 0. The number of halogens is 1. The Bertz CT molecular complexity index is 854. The first kappa shape index (κ1) is 16.5. The topological polar surface area (TPSA) is 97.9 Å². The third-order valence-electron chi connectivity index (χ3n) is 3.70. The minimum Gasteiger partial charge on any atom is -0.409 e. The van der Waals surface area contributed by atoms with E-state index in [-0.39, 0.29) is 17.1 Å². The summed E-state index contributed by atoms with van der Waals surface area (Å²) in [6, 6.07) is 5.89. The average molecular weight is 344 g/mol. The number of nitro groups is 1. The van der Waals surface area contributed by atoms with Crippen molar-refractivity contribution in [1.82, 2.24) is 9.99 Å². The zero-order valence-corrected chi connectivity index (χ0v) is 13.1. The van der Waals surface area contributed by atoms with Crippen LogP contribution in [-0.4, -0.2) is 27.2 Å². The van der Waals surface area contributed by atoms with Gasteiger partial charge in [0, 0.05) is 31.0 Å². The Morgan fingerprint density at radius 2 is 2.12 bits per heavy atom. The van der Waals surface area contributed by atoms with Gasteiger partial charge in [-0.3, -0.25) is 15.1 Å². The van der Waals surface area contributed by atoms with Crippen LogP contribution in [0.25, 0.3) is 0 Å². The molecule has 0 radical (unpaired) electrons. The lowest BCUT2D eigenvalue weighted by molar-refractivity contribution is -0.384. The number of hydrogen-bond donors (Lipinski definition) is 0. The molecule has 0 bridgehead atoms. The Labute approximate surface area is 141 Å². The van der Waals surface area contributed by atoms with Gasteiger partial charge in [-0.15, -0.1) is 0 Å². The molecule has 1 aromatic carbocycles. The number of non-ortho nitro benzene ring substituents is 1. The molecule has 25 heavy (non-hydrogen) atoms. The molecule has 1 atom stereocenters. The maximum Gasteiger partial charge on any atom is 0.436 e. The Morgan fingerprint density at radius 1 is 1.40 bits per heavy atom. The molecule has 2 heterocycles. The molecule has 1 aliphatic heterocycles. The first-order valence-electron chi connectivity index (χ1n) is 7.35. The number of benzene rings is 1. The van der Waals surface area contributed by atoms with Gasteiger partial charge in [-0.25, -0.2) is 9.18 Å². The van der Waals surface area contributed by atoms with E-state index >= 15 is 0 Å². The lowest BCUT2D eigenvalue weighted by Crippen LogP contribution is -2.30. The number of aromatic nitrogens is 1. The highest BCUT2D eigenvalue weighted by atomic mass is 19.1.